The van der Waals surface area contributed by atoms with Gasteiger partial charge >= 0.3 is 29.6 Å². The fourth-order valence-corrected chi connectivity index (χ4v) is 3.30. The summed E-state index contributed by atoms with van der Waals surface area (Å²) in [4.78, 5) is -0.268. The molecule has 0 heterocycles. The SMILES string of the molecule is CCCCCCCCc1cccc([O-])c1Oc1cccc(S(=O)(=O)O)c1.[Na+]. The van der Waals surface area contributed by atoms with Crippen molar-refractivity contribution in [1.29, 1.82) is 0 Å². The van der Waals surface area contributed by atoms with Gasteiger partial charge in [-0.15, -0.1) is 0 Å². The maximum absolute atomic E-state index is 12.2. The van der Waals surface area contributed by atoms with Gasteiger partial charge in [0.15, 0.2) is 0 Å². The number of hydrogen-bond acceptors (Lipinski definition) is 4. The summed E-state index contributed by atoms with van der Waals surface area (Å²) >= 11 is 0. The molecule has 0 aliphatic rings. The largest absolute Gasteiger partial charge is 1.00 e. The number of unbranched alkanes of at least 4 members (excludes halogenated alkanes) is 5. The molecule has 0 amide bonds. The summed E-state index contributed by atoms with van der Waals surface area (Å²) in [6, 6.07) is 10.5. The number of benzene rings is 2. The molecule has 2 aromatic rings. The maximum Gasteiger partial charge on any atom is 1.00 e. The van der Waals surface area contributed by atoms with Gasteiger partial charge in [0.25, 0.3) is 10.1 Å². The van der Waals surface area contributed by atoms with Crippen molar-refractivity contribution in [2.45, 2.75) is 56.8 Å². The first kappa shape index (κ1) is 24.0. The molecule has 0 saturated carbocycles. The summed E-state index contributed by atoms with van der Waals surface area (Å²) in [5.41, 5.74) is 0.810. The smallest absolute Gasteiger partial charge is 0.870 e. The van der Waals surface area contributed by atoms with Crippen molar-refractivity contribution in [2.75, 3.05) is 0 Å². The number of para-hydroxylation sites is 1. The summed E-state index contributed by atoms with van der Waals surface area (Å²) in [6.07, 6.45) is 7.65. The molecule has 0 aliphatic carbocycles. The molecule has 142 valence electrons. The zero-order valence-corrected chi connectivity index (χ0v) is 18.8. The molecule has 1 N–H and O–H groups in total. The van der Waals surface area contributed by atoms with Crippen LogP contribution in [0, 0.1) is 0 Å². The van der Waals surface area contributed by atoms with Crippen molar-refractivity contribution in [2.24, 2.45) is 0 Å². The average Bonchev–Trinajstić information content (AvgIpc) is 2.60. The Morgan fingerprint density at radius 3 is 2.37 bits per heavy atom. The van der Waals surface area contributed by atoms with E-state index in [2.05, 4.69) is 6.92 Å². The van der Waals surface area contributed by atoms with Crippen LogP contribution in [0.4, 0.5) is 0 Å². The van der Waals surface area contributed by atoms with Gasteiger partial charge in [0.2, 0.25) is 0 Å². The van der Waals surface area contributed by atoms with E-state index in [9.17, 15) is 13.5 Å². The summed E-state index contributed by atoms with van der Waals surface area (Å²) in [5.74, 6) is 0.173. The van der Waals surface area contributed by atoms with Crippen LogP contribution in [0.15, 0.2) is 47.4 Å². The molecule has 0 unspecified atom stereocenters. The second-order valence-corrected chi connectivity index (χ2v) is 7.74. The van der Waals surface area contributed by atoms with Crippen LogP contribution >= 0.6 is 0 Å². The predicted molar refractivity (Wildman–Crippen MR) is 99.3 cm³/mol. The Balaban J connectivity index is 0.00000364. The van der Waals surface area contributed by atoms with Crippen LogP contribution in [0.3, 0.4) is 0 Å². The van der Waals surface area contributed by atoms with Crippen molar-refractivity contribution in [3.05, 3.63) is 48.0 Å². The minimum atomic E-state index is -4.32. The molecule has 0 saturated heterocycles. The fraction of sp³-hybridized carbons (Fsp3) is 0.400. The topological polar surface area (TPSA) is 86.7 Å². The molecule has 7 heteroatoms. The van der Waals surface area contributed by atoms with E-state index in [4.69, 9.17) is 9.29 Å². The van der Waals surface area contributed by atoms with E-state index in [0.29, 0.717) is 0 Å². The molecule has 27 heavy (non-hydrogen) atoms. The predicted octanol–water partition coefficient (Wildman–Crippen LogP) is 1.71. The van der Waals surface area contributed by atoms with Gasteiger partial charge < -0.3 is 9.84 Å². The van der Waals surface area contributed by atoms with E-state index in [0.717, 1.165) is 24.8 Å². The zero-order valence-electron chi connectivity index (χ0n) is 16.0. The van der Waals surface area contributed by atoms with Gasteiger partial charge in [0.1, 0.15) is 11.5 Å². The molecule has 0 atom stereocenters. The van der Waals surface area contributed by atoms with Gasteiger partial charge in [0, 0.05) is 6.07 Å². The number of rotatable bonds is 10. The van der Waals surface area contributed by atoms with Gasteiger partial charge in [-0.3, -0.25) is 4.55 Å². The van der Waals surface area contributed by atoms with Crippen molar-refractivity contribution < 1.29 is 52.4 Å². The molecular weight excluding hydrogens is 375 g/mol. The second-order valence-electron chi connectivity index (χ2n) is 6.31. The normalized spacial score (nSPS) is 11.0. The quantitative estimate of drug-likeness (QED) is 0.373. The third-order valence-electron chi connectivity index (χ3n) is 4.18. The third kappa shape index (κ3) is 7.84. The molecule has 0 bridgehead atoms. The molecule has 2 aromatic carbocycles. The first-order valence-corrected chi connectivity index (χ1v) is 10.4. The van der Waals surface area contributed by atoms with Crippen LogP contribution < -0.4 is 39.4 Å². The minimum absolute atomic E-state index is 0. The minimum Gasteiger partial charge on any atom is -0.870 e. The van der Waals surface area contributed by atoms with Crippen LogP contribution in [-0.2, 0) is 16.5 Å². The number of hydrogen-bond donors (Lipinski definition) is 1. The van der Waals surface area contributed by atoms with Crippen molar-refractivity contribution in [3.63, 3.8) is 0 Å². The second kappa shape index (κ2) is 11.7. The first-order valence-electron chi connectivity index (χ1n) is 8.96. The molecule has 0 fully saturated rings. The Bertz CT molecular complexity index is 821. The standard InChI is InChI=1S/C20H26O5S.Na/c1-2-3-4-5-6-7-10-16-11-8-14-19(21)20(16)25-17-12-9-13-18(15-17)26(22,23)24;/h8-9,11-15,21H,2-7,10H2,1H3,(H,22,23,24);/q;+1/p-1. The Morgan fingerprint density at radius 2 is 1.67 bits per heavy atom. The number of aryl methyl sites for hydroxylation is 1. The van der Waals surface area contributed by atoms with Crippen LogP contribution in [0.1, 0.15) is 51.0 Å². The molecule has 0 spiro atoms. The molecule has 5 nitrogen and oxygen atoms in total. The third-order valence-corrected chi connectivity index (χ3v) is 5.03. The monoisotopic (exact) mass is 400 g/mol. The molecule has 0 aliphatic heterocycles. The summed E-state index contributed by atoms with van der Waals surface area (Å²) in [5, 5.41) is 12.2. The van der Waals surface area contributed by atoms with E-state index in [1.54, 1.807) is 12.1 Å². The Kier molecular flexibility index (Phi) is 10.4. The molecular formula is C20H25NaO5S. The van der Waals surface area contributed by atoms with Gasteiger partial charge in [-0.1, -0.05) is 69.0 Å². The first-order chi connectivity index (χ1) is 12.4. The fourth-order valence-electron chi connectivity index (χ4n) is 2.79. The van der Waals surface area contributed by atoms with Crippen LogP contribution in [-0.4, -0.2) is 13.0 Å². The van der Waals surface area contributed by atoms with E-state index in [-0.39, 0.29) is 51.7 Å². The van der Waals surface area contributed by atoms with Gasteiger partial charge in [-0.05, 0) is 30.5 Å². The zero-order chi connectivity index (χ0) is 19.0. The van der Waals surface area contributed by atoms with E-state index >= 15 is 0 Å². The molecule has 0 aromatic heterocycles. The number of ether oxygens (including phenoxy) is 1. The Labute approximate surface area is 183 Å². The summed E-state index contributed by atoms with van der Waals surface area (Å²) < 4.78 is 37.4. The summed E-state index contributed by atoms with van der Waals surface area (Å²) in [6.45, 7) is 2.18. The molecule has 0 radical (unpaired) electrons. The van der Waals surface area contributed by atoms with Crippen LogP contribution in [0.25, 0.3) is 0 Å². The van der Waals surface area contributed by atoms with Crippen molar-refractivity contribution >= 4 is 10.1 Å². The van der Waals surface area contributed by atoms with Crippen molar-refractivity contribution in [1.82, 2.24) is 0 Å². The Hall–Kier alpha value is -1.05. The van der Waals surface area contributed by atoms with E-state index in [1.807, 2.05) is 6.07 Å². The van der Waals surface area contributed by atoms with Gasteiger partial charge in [0.05, 0.1) is 4.90 Å². The Morgan fingerprint density at radius 1 is 1.00 bits per heavy atom. The summed E-state index contributed by atoms with van der Waals surface area (Å²) in [7, 11) is -4.32. The van der Waals surface area contributed by atoms with Crippen LogP contribution in [0.2, 0.25) is 0 Å². The van der Waals surface area contributed by atoms with Crippen molar-refractivity contribution in [3.8, 4) is 17.2 Å². The average molecular weight is 400 g/mol. The van der Waals surface area contributed by atoms with E-state index < -0.39 is 10.1 Å². The van der Waals surface area contributed by atoms with Crippen LogP contribution in [0.5, 0.6) is 17.2 Å². The molecule has 2 rings (SSSR count). The van der Waals surface area contributed by atoms with Gasteiger partial charge in [-0.2, -0.15) is 8.42 Å². The van der Waals surface area contributed by atoms with Gasteiger partial charge in [-0.25, -0.2) is 0 Å². The van der Waals surface area contributed by atoms with E-state index in [1.165, 1.54) is 49.9 Å². The maximum atomic E-state index is 12.2.